The van der Waals surface area contributed by atoms with Crippen molar-refractivity contribution in [1.82, 2.24) is 0 Å². The number of rotatable bonds is 2. The number of Topliss-reactive ketones (excluding diaryl/α,β-unsaturated/α-hetero) is 1. The molecule has 0 aromatic heterocycles. The third-order valence-corrected chi connectivity index (χ3v) is 6.56. The van der Waals surface area contributed by atoms with Gasteiger partial charge in [0.15, 0.2) is 0 Å². The van der Waals surface area contributed by atoms with Gasteiger partial charge < -0.3 is 14.6 Å². The maximum absolute atomic E-state index is 12.9. The first-order valence-corrected chi connectivity index (χ1v) is 9.34. The molecule has 0 unspecified atom stereocenters. The summed E-state index contributed by atoms with van der Waals surface area (Å²) in [5, 5.41) is 10.6. The molecule has 0 aromatic rings. The summed E-state index contributed by atoms with van der Waals surface area (Å²) in [5.41, 5.74) is -0.231. The van der Waals surface area contributed by atoms with Gasteiger partial charge in [-0.25, -0.2) is 4.79 Å². The van der Waals surface area contributed by atoms with Crippen molar-refractivity contribution in [1.29, 1.82) is 0 Å². The fourth-order valence-electron chi connectivity index (χ4n) is 5.43. The summed E-state index contributed by atoms with van der Waals surface area (Å²) in [5.74, 6) is -2.15. The number of hydrogen-bond donors (Lipinski definition) is 1. The topological polar surface area (TPSA) is 89.9 Å². The second kappa shape index (κ2) is 6.48. The average Bonchev–Trinajstić information content (AvgIpc) is 2.87. The van der Waals surface area contributed by atoms with Crippen LogP contribution in [0.4, 0.5) is 0 Å². The third kappa shape index (κ3) is 2.79. The molecule has 144 valence electrons. The Balaban J connectivity index is 2.08. The molecule has 6 heteroatoms. The normalized spacial score (nSPS) is 44.6. The Labute approximate surface area is 153 Å². The molecular weight excluding hydrogens is 336 g/mol. The number of allylic oxidation sites excluding steroid dienone is 1. The molecule has 0 bridgehead atoms. The Hall–Kier alpha value is -1.69. The number of aliphatic hydroxyl groups excluding tert-OH is 1. The number of ether oxygens (including phenoxy) is 2. The van der Waals surface area contributed by atoms with E-state index in [1.54, 1.807) is 27.7 Å². The number of esters is 2. The summed E-state index contributed by atoms with van der Waals surface area (Å²) >= 11 is 0. The molecule has 2 saturated carbocycles. The zero-order valence-corrected chi connectivity index (χ0v) is 16.0. The van der Waals surface area contributed by atoms with Crippen molar-refractivity contribution >= 4 is 17.7 Å². The molecule has 0 spiro atoms. The molecule has 2 aliphatic carbocycles. The van der Waals surface area contributed by atoms with Crippen LogP contribution in [0, 0.1) is 29.1 Å². The van der Waals surface area contributed by atoms with Gasteiger partial charge in [0.25, 0.3) is 0 Å². The molecule has 3 fully saturated rings. The summed E-state index contributed by atoms with van der Waals surface area (Å²) in [6, 6.07) is 0. The maximum atomic E-state index is 12.9. The highest BCUT2D eigenvalue weighted by Gasteiger charge is 2.66. The van der Waals surface area contributed by atoms with Crippen molar-refractivity contribution < 1.29 is 29.0 Å². The van der Waals surface area contributed by atoms with Crippen LogP contribution in [0.1, 0.15) is 47.5 Å². The summed E-state index contributed by atoms with van der Waals surface area (Å²) in [4.78, 5) is 37.6. The van der Waals surface area contributed by atoms with Gasteiger partial charge in [0.05, 0.1) is 17.4 Å². The second-order valence-corrected chi connectivity index (χ2v) is 8.64. The molecular formula is C20H28O6. The Kier molecular flexibility index (Phi) is 4.76. The van der Waals surface area contributed by atoms with Gasteiger partial charge in [-0.2, -0.15) is 0 Å². The van der Waals surface area contributed by atoms with E-state index in [1.165, 1.54) is 6.08 Å². The number of aliphatic hydroxyl groups is 1. The van der Waals surface area contributed by atoms with Gasteiger partial charge in [0.1, 0.15) is 18.0 Å². The van der Waals surface area contributed by atoms with Crippen LogP contribution in [-0.4, -0.2) is 41.1 Å². The molecule has 26 heavy (non-hydrogen) atoms. The SMILES string of the molecule is CC(C)=CC(=O)O[C@H]1[C@@H]2[C@H](C)C(=O)O[C@@H]2C[C@H](C)[C@H]2[C@H](O)CC(=O)[C@@]21C. The molecule has 3 rings (SSSR count). The lowest BCUT2D eigenvalue weighted by Crippen LogP contribution is -2.50. The first-order valence-electron chi connectivity index (χ1n) is 9.34. The molecule has 6 nitrogen and oxygen atoms in total. The van der Waals surface area contributed by atoms with Crippen molar-refractivity contribution in [3.05, 3.63) is 11.6 Å². The molecule has 1 N–H and O–H groups in total. The van der Waals surface area contributed by atoms with Crippen molar-refractivity contribution in [2.75, 3.05) is 0 Å². The quantitative estimate of drug-likeness (QED) is 0.596. The Bertz CT molecular complexity index is 663. The number of hydrogen-bond acceptors (Lipinski definition) is 6. The van der Waals surface area contributed by atoms with E-state index in [0.29, 0.717) is 6.42 Å². The lowest BCUT2D eigenvalue weighted by atomic mass is 9.66. The van der Waals surface area contributed by atoms with Gasteiger partial charge >= 0.3 is 11.9 Å². The van der Waals surface area contributed by atoms with E-state index in [1.807, 2.05) is 6.92 Å². The van der Waals surface area contributed by atoms with Crippen LogP contribution < -0.4 is 0 Å². The Morgan fingerprint density at radius 3 is 2.58 bits per heavy atom. The lowest BCUT2D eigenvalue weighted by Gasteiger charge is -2.40. The van der Waals surface area contributed by atoms with Gasteiger partial charge in [-0.15, -0.1) is 0 Å². The van der Waals surface area contributed by atoms with Crippen LogP contribution in [0.5, 0.6) is 0 Å². The Morgan fingerprint density at radius 1 is 1.31 bits per heavy atom. The number of carbonyl (C=O) groups excluding carboxylic acids is 3. The standard InChI is InChI=1S/C20H28O6/c1-9(2)6-15(23)26-18-16-11(4)19(24)25-13(16)7-10(3)17-12(21)8-14(22)20(17,18)5/h6,10-13,16-18,21H,7-8H2,1-5H3/t10-,11-,12+,13+,16+,17-,18-,20-/m0/s1. The smallest absolute Gasteiger partial charge is 0.330 e. The zero-order valence-electron chi connectivity index (χ0n) is 16.0. The molecule has 8 atom stereocenters. The van der Waals surface area contributed by atoms with Crippen molar-refractivity contribution in [3.8, 4) is 0 Å². The minimum atomic E-state index is -1.02. The molecule has 3 aliphatic rings. The molecule has 1 heterocycles. The molecule has 0 aromatic carbocycles. The van der Waals surface area contributed by atoms with Crippen LogP contribution in [0.2, 0.25) is 0 Å². The van der Waals surface area contributed by atoms with Crippen LogP contribution in [0.3, 0.4) is 0 Å². The average molecular weight is 364 g/mol. The van der Waals surface area contributed by atoms with Crippen LogP contribution in [-0.2, 0) is 23.9 Å². The highest BCUT2D eigenvalue weighted by molar-refractivity contribution is 5.90. The van der Waals surface area contributed by atoms with Crippen LogP contribution >= 0.6 is 0 Å². The first kappa shape index (κ1) is 19.1. The van der Waals surface area contributed by atoms with Crippen molar-refractivity contribution in [2.45, 2.75) is 65.8 Å². The predicted molar refractivity (Wildman–Crippen MR) is 92.9 cm³/mol. The zero-order chi connectivity index (χ0) is 19.4. The van der Waals surface area contributed by atoms with Gasteiger partial charge in [0, 0.05) is 24.3 Å². The maximum Gasteiger partial charge on any atom is 0.330 e. The monoisotopic (exact) mass is 364 g/mol. The number of carbonyl (C=O) groups is 3. The summed E-state index contributed by atoms with van der Waals surface area (Å²) in [6.45, 7) is 9.10. The van der Waals surface area contributed by atoms with E-state index < -0.39 is 35.6 Å². The first-order chi connectivity index (χ1) is 12.1. The number of ketones is 1. The van der Waals surface area contributed by atoms with E-state index in [-0.39, 0.29) is 35.9 Å². The van der Waals surface area contributed by atoms with Crippen LogP contribution in [0.25, 0.3) is 0 Å². The minimum absolute atomic E-state index is 0.0285. The minimum Gasteiger partial charge on any atom is -0.462 e. The van der Waals surface area contributed by atoms with Crippen molar-refractivity contribution in [3.63, 3.8) is 0 Å². The molecule has 0 radical (unpaired) electrons. The summed E-state index contributed by atoms with van der Waals surface area (Å²) < 4.78 is 11.4. The highest BCUT2D eigenvalue weighted by Crippen LogP contribution is 2.56. The van der Waals surface area contributed by atoms with E-state index in [0.717, 1.165) is 5.57 Å². The van der Waals surface area contributed by atoms with Crippen molar-refractivity contribution in [2.24, 2.45) is 29.1 Å². The summed E-state index contributed by atoms with van der Waals surface area (Å²) in [6.07, 6.45) is 0.0399. The lowest BCUT2D eigenvalue weighted by molar-refractivity contribution is -0.164. The van der Waals surface area contributed by atoms with Gasteiger partial charge in [0.2, 0.25) is 0 Å². The molecule has 0 amide bonds. The van der Waals surface area contributed by atoms with Crippen LogP contribution in [0.15, 0.2) is 11.6 Å². The van der Waals surface area contributed by atoms with E-state index in [4.69, 9.17) is 9.47 Å². The van der Waals surface area contributed by atoms with E-state index in [2.05, 4.69) is 0 Å². The highest BCUT2D eigenvalue weighted by atomic mass is 16.6. The predicted octanol–water partition coefficient (Wildman–Crippen LogP) is 2.04. The van der Waals surface area contributed by atoms with E-state index in [9.17, 15) is 19.5 Å². The van der Waals surface area contributed by atoms with Gasteiger partial charge in [-0.1, -0.05) is 19.4 Å². The van der Waals surface area contributed by atoms with Gasteiger partial charge in [-0.05, 0) is 33.1 Å². The fraction of sp³-hybridized carbons (Fsp3) is 0.750. The largest absolute Gasteiger partial charge is 0.462 e. The third-order valence-electron chi connectivity index (χ3n) is 6.56. The molecule has 1 aliphatic heterocycles. The number of fused-ring (bicyclic) bond motifs is 2. The fourth-order valence-corrected chi connectivity index (χ4v) is 5.43. The second-order valence-electron chi connectivity index (χ2n) is 8.64. The Morgan fingerprint density at radius 2 is 1.96 bits per heavy atom. The molecule has 1 saturated heterocycles. The van der Waals surface area contributed by atoms with Gasteiger partial charge in [-0.3, -0.25) is 9.59 Å². The summed E-state index contributed by atoms with van der Waals surface area (Å²) in [7, 11) is 0. The van der Waals surface area contributed by atoms with E-state index >= 15 is 0 Å².